The zero-order chi connectivity index (χ0) is 14.3. The summed E-state index contributed by atoms with van der Waals surface area (Å²) in [5.74, 6) is 0. The van der Waals surface area contributed by atoms with E-state index >= 15 is 0 Å². The van der Waals surface area contributed by atoms with Crippen molar-refractivity contribution >= 4 is 17.5 Å². The van der Waals surface area contributed by atoms with E-state index in [0.29, 0.717) is 11.4 Å². The number of anilines is 1. The van der Waals surface area contributed by atoms with E-state index in [0.717, 1.165) is 6.42 Å². The molecule has 1 N–H and O–H groups in total. The Hall–Kier alpha value is -1.88. The minimum absolute atomic E-state index is 0.521. The third kappa shape index (κ3) is 4.37. The number of rotatable bonds is 5. The van der Waals surface area contributed by atoms with Gasteiger partial charge in [0.05, 0.1) is 5.71 Å². The Morgan fingerprint density at radius 1 is 1.37 bits per heavy atom. The third-order valence-electron chi connectivity index (χ3n) is 3.18. The number of hydrogen-bond acceptors (Lipinski definition) is 4. The molecule has 1 atom stereocenters. The molecule has 1 aromatic carbocycles. The zero-order valence-corrected chi connectivity index (χ0v) is 11.8. The molecular formula is C14H20N2O3. The lowest BCUT2D eigenvalue weighted by atomic mass is 9.98. The standard InChI is InChI=1S/C14H20N2O3/c1-5-14(3,18-4)11(2)16-19-13(17)15-12-9-7-6-8-10-12/h6-10H,5H2,1-4H3,(H,15,17)/b16-11-. The summed E-state index contributed by atoms with van der Waals surface area (Å²) in [4.78, 5) is 16.4. The molecule has 104 valence electrons. The molecule has 0 saturated carbocycles. The Balaban J connectivity index is 2.58. The molecule has 0 heterocycles. The number of hydrogen-bond donors (Lipinski definition) is 1. The van der Waals surface area contributed by atoms with Crippen molar-refractivity contribution in [1.82, 2.24) is 0 Å². The predicted octanol–water partition coefficient (Wildman–Crippen LogP) is 3.43. The van der Waals surface area contributed by atoms with Gasteiger partial charge in [-0.15, -0.1) is 0 Å². The number of ether oxygens (including phenoxy) is 1. The number of nitrogens with zero attached hydrogens (tertiary/aromatic N) is 1. The Kier molecular flexibility index (Phi) is 5.51. The van der Waals surface area contributed by atoms with Crippen LogP contribution in [0.5, 0.6) is 0 Å². The summed E-state index contributed by atoms with van der Waals surface area (Å²) in [5.41, 5.74) is 0.749. The summed E-state index contributed by atoms with van der Waals surface area (Å²) in [6.07, 6.45) is 0.114. The van der Waals surface area contributed by atoms with Crippen LogP contribution in [0.2, 0.25) is 0 Å². The first-order chi connectivity index (χ1) is 9.01. The summed E-state index contributed by atoms with van der Waals surface area (Å²) < 4.78 is 5.36. The largest absolute Gasteiger partial charge is 0.437 e. The Morgan fingerprint density at radius 3 is 2.53 bits per heavy atom. The Morgan fingerprint density at radius 2 is 2.00 bits per heavy atom. The van der Waals surface area contributed by atoms with Gasteiger partial charge in [-0.1, -0.05) is 30.3 Å². The molecule has 5 nitrogen and oxygen atoms in total. The maximum absolute atomic E-state index is 11.5. The van der Waals surface area contributed by atoms with Gasteiger partial charge in [0.2, 0.25) is 0 Å². The van der Waals surface area contributed by atoms with Crippen molar-refractivity contribution in [2.45, 2.75) is 32.8 Å². The molecule has 0 aliphatic heterocycles. The lowest BCUT2D eigenvalue weighted by Gasteiger charge is -2.25. The first-order valence-corrected chi connectivity index (χ1v) is 6.15. The minimum atomic E-state index is -0.625. The van der Waals surface area contributed by atoms with E-state index in [-0.39, 0.29) is 0 Å². The highest BCUT2D eigenvalue weighted by Gasteiger charge is 2.26. The second-order valence-corrected chi connectivity index (χ2v) is 4.33. The number of benzene rings is 1. The van der Waals surface area contributed by atoms with E-state index < -0.39 is 11.7 Å². The van der Waals surface area contributed by atoms with Crippen LogP contribution in [0.1, 0.15) is 27.2 Å². The monoisotopic (exact) mass is 264 g/mol. The lowest BCUT2D eigenvalue weighted by Crippen LogP contribution is -2.35. The summed E-state index contributed by atoms with van der Waals surface area (Å²) in [7, 11) is 1.60. The molecule has 0 spiro atoms. The minimum Gasteiger partial charge on any atom is -0.372 e. The molecule has 0 aliphatic carbocycles. The lowest BCUT2D eigenvalue weighted by molar-refractivity contribution is 0.0587. The molecule has 0 radical (unpaired) electrons. The van der Waals surface area contributed by atoms with Crippen molar-refractivity contribution < 1.29 is 14.4 Å². The highest BCUT2D eigenvalue weighted by atomic mass is 16.7. The van der Waals surface area contributed by atoms with E-state index in [2.05, 4.69) is 10.5 Å². The van der Waals surface area contributed by atoms with Gasteiger partial charge in [0, 0.05) is 12.8 Å². The number of methoxy groups -OCH3 is 1. The average Bonchev–Trinajstić information content (AvgIpc) is 2.45. The fourth-order valence-electron chi connectivity index (χ4n) is 1.42. The van der Waals surface area contributed by atoms with Crippen LogP contribution in [-0.2, 0) is 9.57 Å². The van der Waals surface area contributed by atoms with Gasteiger partial charge >= 0.3 is 6.09 Å². The molecule has 1 rings (SSSR count). The van der Waals surface area contributed by atoms with Crippen LogP contribution >= 0.6 is 0 Å². The van der Waals surface area contributed by atoms with Gasteiger partial charge in [-0.2, -0.15) is 0 Å². The number of carbonyl (C=O) groups excluding carboxylic acids is 1. The number of carbonyl (C=O) groups is 1. The summed E-state index contributed by atoms with van der Waals surface area (Å²) in [6, 6.07) is 9.04. The summed E-state index contributed by atoms with van der Waals surface area (Å²) >= 11 is 0. The molecule has 0 aliphatic rings. The smallest absolute Gasteiger partial charge is 0.372 e. The molecular weight excluding hydrogens is 244 g/mol. The molecule has 1 amide bonds. The van der Waals surface area contributed by atoms with E-state index in [1.165, 1.54) is 0 Å². The summed E-state index contributed by atoms with van der Waals surface area (Å²) in [6.45, 7) is 5.64. The molecule has 0 saturated heterocycles. The van der Waals surface area contributed by atoms with E-state index in [1.807, 2.05) is 32.0 Å². The first-order valence-electron chi connectivity index (χ1n) is 6.15. The van der Waals surface area contributed by atoms with Gasteiger partial charge in [0.25, 0.3) is 0 Å². The van der Waals surface area contributed by atoms with Crippen molar-refractivity contribution in [2.24, 2.45) is 5.16 Å². The van der Waals surface area contributed by atoms with Gasteiger partial charge in [-0.25, -0.2) is 4.79 Å². The van der Waals surface area contributed by atoms with Crippen LogP contribution in [0, 0.1) is 0 Å². The van der Waals surface area contributed by atoms with Gasteiger partial charge in [-0.3, -0.25) is 10.2 Å². The molecule has 0 fully saturated rings. The van der Waals surface area contributed by atoms with Gasteiger partial charge < -0.3 is 4.74 Å². The second-order valence-electron chi connectivity index (χ2n) is 4.33. The topological polar surface area (TPSA) is 59.9 Å². The van der Waals surface area contributed by atoms with Crippen molar-refractivity contribution in [3.63, 3.8) is 0 Å². The average molecular weight is 264 g/mol. The van der Waals surface area contributed by atoms with Crippen LogP contribution in [0.4, 0.5) is 10.5 Å². The normalized spacial score (nSPS) is 14.6. The van der Waals surface area contributed by atoms with E-state index in [9.17, 15) is 4.79 Å². The molecule has 0 bridgehead atoms. The molecule has 1 aromatic rings. The van der Waals surface area contributed by atoms with Crippen molar-refractivity contribution in [3.8, 4) is 0 Å². The Bertz CT molecular complexity index is 439. The van der Waals surface area contributed by atoms with Crippen molar-refractivity contribution in [3.05, 3.63) is 30.3 Å². The maximum atomic E-state index is 11.5. The quantitative estimate of drug-likeness (QED) is 0.503. The van der Waals surface area contributed by atoms with Gasteiger partial charge in [-0.05, 0) is 32.4 Å². The van der Waals surface area contributed by atoms with Crippen LogP contribution in [-0.4, -0.2) is 24.5 Å². The molecule has 1 unspecified atom stereocenters. The number of amides is 1. The van der Waals surface area contributed by atoms with E-state index in [4.69, 9.17) is 9.57 Å². The van der Waals surface area contributed by atoms with Crippen LogP contribution in [0.3, 0.4) is 0 Å². The fraction of sp³-hybridized carbons (Fsp3) is 0.429. The summed E-state index contributed by atoms with van der Waals surface area (Å²) in [5, 5.41) is 6.39. The van der Waals surface area contributed by atoms with Crippen LogP contribution in [0.15, 0.2) is 35.5 Å². The SMILES string of the molecule is CCC(C)(OC)/C(C)=N\OC(=O)Nc1ccccc1. The van der Waals surface area contributed by atoms with Gasteiger partial charge in [0.15, 0.2) is 0 Å². The highest BCUT2D eigenvalue weighted by molar-refractivity contribution is 5.91. The fourth-order valence-corrected chi connectivity index (χ4v) is 1.42. The van der Waals surface area contributed by atoms with Crippen LogP contribution < -0.4 is 5.32 Å². The number of para-hydroxylation sites is 1. The zero-order valence-electron chi connectivity index (χ0n) is 11.8. The van der Waals surface area contributed by atoms with Gasteiger partial charge in [0.1, 0.15) is 5.60 Å². The molecule has 19 heavy (non-hydrogen) atoms. The Labute approximate surface area is 113 Å². The predicted molar refractivity (Wildman–Crippen MR) is 75.4 cm³/mol. The molecule has 0 aromatic heterocycles. The number of oxime groups is 1. The second kappa shape index (κ2) is 6.89. The first kappa shape index (κ1) is 15.2. The molecule has 5 heteroatoms. The number of nitrogens with one attached hydrogen (secondary N) is 1. The van der Waals surface area contributed by atoms with Crippen molar-refractivity contribution in [1.29, 1.82) is 0 Å². The van der Waals surface area contributed by atoms with Crippen molar-refractivity contribution in [2.75, 3.05) is 12.4 Å². The van der Waals surface area contributed by atoms with E-state index in [1.54, 1.807) is 26.2 Å². The third-order valence-corrected chi connectivity index (χ3v) is 3.18. The highest BCUT2D eigenvalue weighted by Crippen LogP contribution is 2.16. The maximum Gasteiger partial charge on any atom is 0.437 e. The van der Waals surface area contributed by atoms with Crippen LogP contribution in [0.25, 0.3) is 0 Å².